The molecule has 0 radical (unpaired) electrons. The van der Waals surface area contributed by atoms with E-state index in [2.05, 4.69) is 10.3 Å². The molecule has 4 heterocycles. The summed E-state index contributed by atoms with van der Waals surface area (Å²) in [6.45, 7) is 4.63. The Balaban J connectivity index is 1.67. The number of amides is 1. The van der Waals surface area contributed by atoms with Gasteiger partial charge in [-0.15, -0.1) is 11.3 Å². The molecule has 0 bridgehead atoms. The van der Waals surface area contributed by atoms with Crippen molar-refractivity contribution in [2.75, 3.05) is 6.54 Å². The van der Waals surface area contributed by atoms with E-state index < -0.39 is 0 Å². The fourth-order valence-electron chi connectivity index (χ4n) is 3.30. The van der Waals surface area contributed by atoms with Gasteiger partial charge in [0.15, 0.2) is 5.76 Å². The van der Waals surface area contributed by atoms with Crippen molar-refractivity contribution in [3.05, 3.63) is 34.2 Å². The maximum atomic E-state index is 13.0. The highest BCUT2D eigenvalue weighted by Crippen LogP contribution is 2.36. The molecular formula is C16H18N4O2S. The third-order valence-electron chi connectivity index (χ3n) is 4.40. The predicted octanol–water partition coefficient (Wildman–Crippen LogP) is 3.22. The first-order chi connectivity index (χ1) is 11.0. The molecule has 6 nitrogen and oxygen atoms in total. The summed E-state index contributed by atoms with van der Waals surface area (Å²) in [6.07, 6.45) is 1.91. The monoisotopic (exact) mass is 330 g/mol. The Labute approximate surface area is 137 Å². The van der Waals surface area contributed by atoms with Crippen molar-refractivity contribution in [1.29, 1.82) is 0 Å². The van der Waals surface area contributed by atoms with Gasteiger partial charge in [0.25, 0.3) is 5.91 Å². The van der Waals surface area contributed by atoms with E-state index in [0.717, 1.165) is 51.6 Å². The average Bonchev–Trinajstić information content (AvgIpc) is 3.26. The van der Waals surface area contributed by atoms with Crippen molar-refractivity contribution in [1.82, 2.24) is 19.8 Å². The van der Waals surface area contributed by atoms with Crippen molar-refractivity contribution in [3.8, 4) is 0 Å². The van der Waals surface area contributed by atoms with Gasteiger partial charge in [0, 0.05) is 25.0 Å². The van der Waals surface area contributed by atoms with E-state index in [1.165, 1.54) is 11.3 Å². The van der Waals surface area contributed by atoms with Crippen LogP contribution in [-0.2, 0) is 7.05 Å². The molecule has 1 amide bonds. The summed E-state index contributed by atoms with van der Waals surface area (Å²) in [5, 5.41) is 9.41. The second kappa shape index (κ2) is 5.19. The predicted molar refractivity (Wildman–Crippen MR) is 87.6 cm³/mol. The summed E-state index contributed by atoms with van der Waals surface area (Å²) >= 11 is 1.51. The standard InChI is InChI=1S/C16H18N4O2S/c1-9-7-13(22-18-9)12-5-4-6-20(12)15(21)14-8-11-10(2)17-19(3)16(11)23-14/h7-8,12H,4-6H2,1-3H3. The van der Waals surface area contributed by atoms with Crippen LogP contribution in [0, 0.1) is 13.8 Å². The van der Waals surface area contributed by atoms with Gasteiger partial charge in [-0.25, -0.2) is 0 Å². The van der Waals surface area contributed by atoms with Gasteiger partial charge >= 0.3 is 0 Å². The molecule has 3 aromatic heterocycles. The highest BCUT2D eigenvalue weighted by molar-refractivity contribution is 7.20. The molecule has 0 saturated carbocycles. The largest absolute Gasteiger partial charge is 0.359 e. The van der Waals surface area contributed by atoms with Gasteiger partial charge in [-0.2, -0.15) is 5.10 Å². The normalized spacial score (nSPS) is 18.2. The first kappa shape index (κ1) is 14.4. The molecule has 1 aliphatic rings. The van der Waals surface area contributed by atoms with Crippen LogP contribution in [0.4, 0.5) is 0 Å². The number of carbonyl (C=O) groups excluding carboxylic acids is 1. The van der Waals surface area contributed by atoms with Gasteiger partial charge in [0.1, 0.15) is 4.83 Å². The van der Waals surface area contributed by atoms with E-state index >= 15 is 0 Å². The molecule has 0 spiro atoms. The Morgan fingerprint density at radius 1 is 1.39 bits per heavy atom. The average molecular weight is 330 g/mol. The molecule has 1 unspecified atom stereocenters. The van der Waals surface area contributed by atoms with E-state index in [9.17, 15) is 4.79 Å². The van der Waals surface area contributed by atoms with Crippen LogP contribution in [0.2, 0.25) is 0 Å². The third kappa shape index (κ3) is 2.26. The third-order valence-corrected chi connectivity index (χ3v) is 5.59. The van der Waals surface area contributed by atoms with Crippen LogP contribution in [0.1, 0.15) is 45.7 Å². The van der Waals surface area contributed by atoms with Gasteiger partial charge in [-0.1, -0.05) is 5.16 Å². The van der Waals surface area contributed by atoms with Crippen LogP contribution in [0.5, 0.6) is 0 Å². The van der Waals surface area contributed by atoms with Gasteiger partial charge in [-0.05, 0) is 32.8 Å². The maximum absolute atomic E-state index is 13.0. The summed E-state index contributed by atoms with van der Waals surface area (Å²) in [7, 11) is 1.91. The molecule has 23 heavy (non-hydrogen) atoms. The number of fused-ring (bicyclic) bond motifs is 1. The second-order valence-electron chi connectivity index (χ2n) is 6.07. The number of carbonyl (C=O) groups is 1. The number of hydrogen-bond acceptors (Lipinski definition) is 5. The van der Waals surface area contributed by atoms with Crippen molar-refractivity contribution in [2.24, 2.45) is 7.05 Å². The van der Waals surface area contributed by atoms with Crippen LogP contribution in [0.3, 0.4) is 0 Å². The lowest BCUT2D eigenvalue weighted by molar-refractivity contribution is 0.0719. The molecule has 3 aromatic rings. The number of nitrogens with zero attached hydrogens (tertiary/aromatic N) is 4. The molecule has 1 saturated heterocycles. The Morgan fingerprint density at radius 3 is 2.91 bits per heavy atom. The van der Waals surface area contributed by atoms with Crippen LogP contribution >= 0.6 is 11.3 Å². The fraction of sp³-hybridized carbons (Fsp3) is 0.438. The van der Waals surface area contributed by atoms with Crippen molar-refractivity contribution >= 4 is 27.5 Å². The van der Waals surface area contributed by atoms with Crippen LogP contribution in [0.25, 0.3) is 10.2 Å². The maximum Gasteiger partial charge on any atom is 0.264 e. The minimum atomic E-state index is -0.00636. The van der Waals surface area contributed by atoms with Gasteiger partial charge < -0.3 is 9.42 Å². The summed E-state index contributed by atoms with van der Waals surface area (Å²) < 4.78 is 7.23. The quantitative estimate of drug-likeness (QED) is 0.724. The zero-order valence-electron chi connectivity index (χ0n) is 13.4. The highest BCUT2D eigenvalue weighted by atomic mass is 32.1. The Bertz CT molecular complexity index is 857. The fourth-order valence-corrected chi connectivity index (χ4v) is 4.38. The smallest absolute Gasteiger partial charge is 0.264 e. The van der Waals surface area contributed by atoms with Gasteiger partial charge in [-0.3, -0.25) is 9.48 Å². The van der Waals surface area contributed by atoms with Gasteiger partial charge in [0.05, 0.1) is 22.3 Å². The Morgan fingerprint density at radius 2 is 2.22 bits per heavy atom. The van der Waals surface area contributed by atoms with E-state index in [4.69, 9.17) is 4.52 Å². The molecule has 0 aromatic carbocycles. The lowest BCUT2D eigenvalue weighted by atomic mass is 10.1. The molecular weight excluding hydrogens is 312 g/mol. The summed E-state index contributed by atoms with van der Waals surface area (Å²) in [6, 6.07) is 3.88. The Kier molecular flexibility index (Phi) is 3.26. The van der Waals surface area contributed by atoms with Crippen molar-refractivity contribution < 1.29 is 9.32 Å². The molecule has 1 atom stereocenters. The number of rotatable bonds is 2. The van der Waals surface area contributed by atoms with E-state index in [1.807, 2.05) is 42.6 Å². The molecule has 1 aliphatic heterocycles. The number of aromatic nitrogens is 3. The van der Waals surface area contributed by atoms with Crippen LogP contribution in [-0.4, -0.2) is 32.3 Å². The number of thiophene rings is 1. The second-order valence-corrected chi connectivity index (χ2v) is 7.10. The zero-order valence-corrected chi connectivity index (χ0v) is 14.2. The molecule has 120 valence electrons. The van der Waals surface area contributed by atoms with Crippen molar-refractivity contribution in [3.63, 3.8) is 0 Å². The minimum absolute atomic E-state index is 0.00636. The van der Waals surface area contributed by atoms with E-state index in [0.29, 0.717) is 0 Å². The zero-order chi connectivity index (χ0) is 16.1. The number of hydrogen-bond donors (Lipinski definition) is 0. The first-order valence-corrected chi connectivity index (χ1v) is 8.53. The number of likely N-dealkylation sites (tertiary alicyclic amines) is 1. The molecule has 4 rings (SSSR count). The molecule has 1 fully saturated rings. The van der Waals surface area contributed by atoms with Crippen molar-refractivity contribution in [2.45, 2.75) is 32.7 Å². The first-order valence-electron chi connectivity index (χ1n) is 7.72. The molecule has 0 N–H and O–H groups in total. The molecule has 7 heteroatoms. The highest BCUT2D eigenvalue weighted by Gasteiger charge is 2.34. The summed E-state index contributed by atoms with van der Waals surface area (Å²) in [4.78, 5) is 16.7. The topological polar surface area (TPSA) is 64.2 Å². The minimum Gasteiger partial charge on any atom is -0.359 e. The van der Waals surface area contributed by atoms with Crippen LogP contribution < -0.4 is 0 Å². The summed E-state index contributed by atoms with van der Waals surface area (Å²) in [5.41, 5.74) is 1.81. The lowest BCUT2D eigenvalue weighted by Gasteiger charge is -2.21. The van der Waals surface area contributed by atoms with Crippen LogP contribution in [0.15, 0.2) is 16.7 Å². The molecule has 0 aliphatic carbocycles. The van der Waals surface area contributed by atoms with E-state index in [1.54, 1.807) is 0 Å². The Hall–Kier alpha value is -2.15. The lowest BCUT2D eigenvalue weighted by Crippen LogP contribution is -2.29. The van der Waals surface area contributed by atoms with Gasteiger partial charge in [0.2, 0.25) is 0 Å². The van der Waals surface area contributed by atoms with E-state index in [-0.39, 0.29) is 11.9 Å². The number of aryl methyl sites for hydroxylation is 3. The SMILES string of the molecule is Cc1cc(C2CCCN2C(=O)c2cc3c(C)nn(C)c3s2)on1. The summed E-state index contributed by atoms with van der Waals surface area (Å²) in [5.74, 6) is 0.856.